The first-order valence-corrected chi connectivity index (χ1v) is 12.1. The highest BCUT2D eigenvalue weighted by Crippen LogP contribution is 2.34. The average molecular weight is 548 g/mol. The van der Waals surface area contributed by atoms with Crippen LogP contribution in [0.3, 0.4) is 0 Å². The number of rotatable bonds is 6. The van der Waals surface area contributed by atoms with Gasteiger partial charge < -0.3 is 10.2 Å². The number of imide groups is 1. The van der Waals surface area contributed by atoms with Crippen LogP contribution in [0.5, 0.6) is 0 Å². The van der Waals surface area contributed by atoms with E-state index in [-0.39, 0.29) is 29.5 Å². The summed E-state index contributed by atoms with van der Waals surface area (Å²) in [5, 5.41) is 5.95. The Morgan fingerprint density at radius 3 is 2.44 bits per heavy atom. The van der Waals surface area contributed by atoms with Gasteiger partial charge in [-0.3, -0.25) is 10.1 Å². The molecule has 8 nitrogen and oxygen atoms in total. The van der Waals surface area contributed by atoms with Crippen molar-refractivity contribution in [2.75, 3.05) is 15.5 Å². The normalized spacial score (nSPS) is 14.8. The number of aromatic nitrogens is 1. The Balaban J connectivity index is 1.49. The van der Waals surface area contributed by atoms with E-state index in [9.17, 15) is 18.3 Å². The summed E-state index contributed by atoms with van der Waals surface area (Å²) in [5.74, 6) is -0.165. The second-order valence-corrected chi connectivity index (χ2v) is 9.86. The standard InChI is InChI=1S/C24H20Cl2FN5O3S/c1-24(2)21(33)32(16-4-6-17(36-27)7-5-16)23(35)31(24)13-14-9-10-28-20(11-14)30-22(34)29-19-8-3-15(25)12-18(19)26/h3-12H,13H2,1-2H3,(H2,28,29,30,34). The van der Waals surface area contributed by atoms with Crippen molar-refractivity contribution in [2.24, 2.45) is 0 Å². The second kappa shape index (κ2) is 10.3. The minimum absolute atomic E-state index is 0.0797. The molecule has 2 heterocycles. The molecule has 1 aliphatic heterocycles. The number of nitrogens with one attached hydrogen (secondary N) is 2. The molecule has 2 N–H and O–H groups in total. The number of hydrogen-bond acceptors (Lipinski definition) is 5. The van der Waals surface area contributed by atoms with Gasteiger partial charge in [-0.2, -0.15) is 3.89 Å². The monoisotopic (exact) mass is 547 g/mol. The molecule has 186 valence electrons. The maximum absolute atomic E-state index is 13.2. The lowest BCUT2D eigenvalue weighted by Gasteiger charge is -2.27. The molecule has 0 radical (unpaired) electrons. The number of benzene rings is 2. The van der Waals surface area contributed by atoms with Gasteiger partial charge in [0.05, 0.1) is 28.5 Å². The Kier molecular flexibility index (Phi) is 7.39. The van der Waals surface area contributed by atoms with Gasteiger partial charge in [-0.05, 0) is 74.0 Å². The molecule has 3 aromatic rings. The number of anilines is 3. The Bertz CT molecular complexity index is 1340. The van der Waals surface area contributed by atoms with Crippen LogP contribution in [0.2, 0.25) is 10.0 Å². The highest BCUT2D eigenvalue weighted by atomic mass is 35.5. The first-order chi connectivity index (χ1) is 17.1. The summed E-state index contributed by atoms with van der Waals surface area (Å²) in [6.45, 7) is 3.40. The third-order valence-corrected chi connectivity index (χ3v) is 6.59. The predicted molar refractivity (Wildman–Crippen MR) is 139 cm³/mol. The zero-order valence-electron chi connectivity index (χ0n) is 19.1. The lowest BCUT2D eigenvalue weighted by molar-refractivity contribution is -0.123. The summed E-state index contributed by atoms with van der Waals surface area (Å²) < 4.78 is 12.8. The molecule has 1 aliphatic rings. The molecular formula is C24H20Cl2FN5O3S. The molecular weight excluding hydrogens is 528 g/mol. The van der Waals surface area contributed by atoms with Crippen molar-refractivity contribution in [1.29, 1.82) is 0 Å². The van der Waals surface area contributed by atoms with Crippen LogP contribution in [-0.4, -0.2) is 33.4 Å². The number of pyridine rings is 1. The first-order valence-electron chi connectivity index (χ1n) is 10.6. The Hall–Kier alpha value is -3.34. The van der Waals surface area contributed by atoms with Crippen LogP contribution in [0.15, 0.2) is 65.7 Å². The van der Waals surface area contributed by atoms with Crippen molar-refractivity contribution < 1.29 is 18.3 Å². The number of nitrogens with zero attached hydrogens (tertiary/aromatic N) is 3. The number of hydrogen-bond donors (Lipinski definition) is 2. The molecule has 12 heteroatoms. The van der Waals surface area contributed by atoms with Gasteiger partial charge in [0.1, 0.15) is 11.4 Å². The second-order valence-electron chi connectivity index (χ2n) is 8.39. The zero-order chi connectivity index (χ0) is 26.0. The van der Waals surface area contributed by atoms with Crippen molar-refractivity contribution in [2.45, 2.75) is 30.8 Å². The van der Waals surface area contributed by atoms with Crippen LogP contribution in [0.4, 0.5) is 30.7 Å². The third kappa shape index (κ3) is 5.25. The fourth-order valence-corrected chi connectivity index (χ4v) is 4.35. The molecule has 0 spiro atoms. The summed E-state index contributed by atoms with van der Waals surface area (Å²) in [6, 6.07) is 12.9. The summed E-state index contributed by atoms with van der Waals surface area (Å²) >= 11 is 12.0. The first kappa shape index (κ1) is 25.7. The molecule has 0 saturated carbocycles. The highest BCUT2D eigenvalue weighted by Gasteiger charge is 2.51. The molecule has 5 amide bonds. The molecule has 36 heavy (non-hydrogen) atoms. The topological polar surface area (TPSA) is 94.6 Å². The largest absolute Gasteiger partial charge is 0.332 e. The van der Waals surface area contributed by atoms with E-state index >= 15 is 0 Å². The Labute approximate surface area is 221 Å². The van der Waals surface area contributed by atoms with Gasteiger partial charge in [-0.1, -0.05) is 23.2 Å². The molecule has 2 aromatic carbocycles. The fourth-order valence-electron chi connectivity index (χ4n) is 3.66. The minimum atomic E-state index is -1.13. The lowest BCUT2D eigenvalue weighted by atomic mass is 10.0. The van der Waals surface area contributed by atoms with E-state index in [0.717, 1.165) is 4.90 Å². The van der Waals surface area contributed by atoms with Gasteiger partial charge in [0.15, 0.2) is 0 Å². The van der Waals surface area contributed by atoms with Crippen molar-refractivity contribution in [3.63, 3.8) is 0 Å². The third-order valence-electron chi connectivity index (χ3n) is 5.59. The van der Waals surface area contributed by atoms with Crippen molar-refractivity contribution in [3.8, 4) is 0 Å². The zero-order valence-corrected chi connectivity index (χ0v) is 21.4. The lowest BCUT2D eigenvalue weighted by Crippen LogP contribution is -2.43. The molecule has 0 atom stereocenters. The molecule has 1 fully saturated rings. The number of halogens is 3. The van der Waals surface area contributed by atoms with Crippen LogP contribution in [0.1, 0.15) is 19.4 Å². The SMILES string of the molecule is CC1(C)C(=O)N(c2ccc(SF)cc2)C(=O)N1Cc1ccnc(NC(=O)Nc2ccc(Cl)cc2Cl)c1. The van der Waals surface area contributed by atoms with Gasteiger partial charge in [0.25, 0.3) is 5.91 Å². The molecule has 0 aliphatic carbocycles. The minimum Gasteiger partial charge on any atom is -0.306 e. The number of carbonyl (C=O) groups is 3. The van der Waals surface area contributed by atoms with Gasteiger partial charge in [-0.25, -0.2) is 19.5 Å². The summed E-state index contributed by atoms with van der Waals surface area (Å²) in [5.41, 5.74) is 0.235. The van der Waals surface area contributed by atoms with Crippen LogP contribution in [0.25, 0.3) is 0 Å². The van der Waals surface area contributed by atoms with Gasteiger partial charge in [0, 0.05) is 22.7 Å². The van der Waals surface area contributed by atoms with E-state index in [1.54, 1.807) is 38.1 Å². The highest BCUT2D eigenvalue weighted by molar-refractivity contribution is 7.94. The van der Waals surface area contributed by atoms with Crippen LogP contribution >= 0.6 is 35.3 Å². The fraction of sp³-hybridized carbons (Fsp3) is 0.167. The van der Waals surface area contributed by atoms with Gasteiger partial charge in [0.2, 0.25) is 0 Å². The van der Waals surface area contributed by atoms with E-state index in [0.29, 0.717) is 26.9 Å². The Morgan fingerprint density at radius 2 is 1.78 bits per heavy atom. The van der Waals surface area contributed by atoms with E-state index < -0.39 is 23.5 Å². The van der Waals surface area contributed by atoms with E-state index in [4.69, 9.17) is 23.2 Å². The molecule has 1 aromatic heterocycles. The summed E-state index contributed by atoms with van der Waals surface area (Å²) in [4.78, 5) is 45.8. The summed E-state index contributed by atoms with van der Waals surface area (Å²) in [6.07, 6.45) is 1.49. The molecule has 0 bridgehead atoms. The predicted octanol–water partition coefficient (Wildman–Crippen LogP) is 6.76. The van der Waals surface area contributed by atoms with Crippen molar-refractivity contribution in [3.05, 3.63) is 76.4 Å². The molecule has 4 rings (SSSR count). The van der Waals surface area contributed by atoms with E-state index in [2.05, 4.69) is 15.6 Å². The molecule has 1 saturated heterocycles. The van der Waals surface area contributed by atoms with Gasteiger partial charge >= 0.3 is 12.1 Å². The van der Waals surface area contributed by atoms with Crippen molar-refractivity contribution >= 4 is 70.5 Å². The van der Waals surface area contributed by atoms with E-state index in [1.807, 2.05) is 0 Å². The maximum Gasteiger partial charge on any atom is 0.332 e. The number of carbonyl (C=O) groups excluding carboxylic acids is 3. The maximum atomic E-state index is 13.2. The van der Waals surface area contributed by atoms with Crippen molar-refractivity contribution in [1.82, 2.24) is 9.88 Å². The van der Waals surface area contributed by atoms with E-state index in [1.165, 1.54) is 41.4 Å². The van der Waals surface area contributed by atoms with Crippen LogP contribution < -0.4 is 15.5 Å². The van der Waals surface area contributed by atoms with Crippen LogP contribution in [0, 0.1) is 0 Å². The Morgan fingerprint density at radius 1 is 1.06 bits per heavy atom. The van der Waals surface area contributed by atoms with Gasteiger partial charge in [-0.15, -0.1) is 0 Å². The number of amides is 5. The smallest absolute Gasteiger partial charge is 0.306 e. The average Bonchev–Trinajstić information content (AvgIpc) is 3.00. The quantitative estimate of drug-likeness (QED) is 0.332. The van der Waals surface area contributed by atoms with Crippen LogP contribution in [-0.2, 0) is 11.3 Å². The summed E-state index contributed by atoms with van der Waals surface area (Å²) in [7, 11) is 0. The number of urea groups is 2. The molecule has 0 unspecified atom stereocenters.